The van der Waals surface area contributed by atoms with Crippen LogP contribution in [0.3, 0.4) is 0 Å². The van der Waals surface area contributed by atoms with Gasteiger partial charge < -0.3 is 16.0 Å². The molecule has 0 unspecified atom stereocenters. The van der Waals surface area contributed by atoms with Gasteiger partial charge in [-0.3, -0.25) is 4.79 Å². The van der Waals surface area contributed by atoms with Crippen LogP contribution in [-0.4, -0.2) is 39.5 Å². The van der Waals surface area contributed by atoms with Crippen molar-refractivity contribution < 1.29 is 9.59 Å². The Morgan fingerprint density at radius 3 is 2.72 bits per heavy atom. The molecule has 29 heavy (non-hydrogen) atoms. The number of urea groups is 1. The normalized spacial score (nSPS) is 10.9. The van der Waals surface area contributed by atoms with Gasteiger partial charge in [0.05, 0.1) is 12.1 Å². The monoisotopic (exact) mass is 414 g/mol. The standard InChI is InChI=1S/C20H23ClN6O2/c1-12(2)23-19(28)14-5-7-18-17(10-14)25-26-27(18)9-8-22-20(29)24-16-11-15(21)6-4-13(16)3/h4-7,10-12H,8-9H2,1-3H3,(H,23,28)(H2,22,24,29). The molecule has 3 amide bonds. The van der Waals surface area contributed by atoms with Crippen molar-refractivity contribution in [3.8, 4) is 0 Å². The lowest BCUT2D eigenvalue weighted by Crippen LogP contribution is -2.32. The van der Waals surface area contributed by atoms with Crippen molar-refractivity contribution >= 4 is 40.3 Å². The van der Waals surface area contributed by atoms with Crippen LogP contribution in [0.4, 0.5) is 10.5 Å². The topological polar surface area (TPSA) is 101 Å². The molecule has 0 aliphatic rings. The maximum absolute atomic E-state index is 12.1. The molecule has 2 aromatic carbocycles. The van der Waals surface area contributed by atoms with E-state index >= 15 is 0 Å². The fourth-order valence-corrected chi connectivity index (χ4v) is 2.97. The molecule has 0 saturated heterocycles. The van der Waals surface area contributed by atoms with E-state index in [1.54, 1.807) is 35.0 Å². The number of nitrogens with zero attached hydrogens (tertiary/aromatic N) is 3. The van der Waals surface area contributed by atoms with Gasteiger partial charge in [-0.05, 0) is 56.7 Å². The predicted molar refractivity (Wildman–Crippen MR) is 113 cm³/mol. The number of benzene rings is 2. The second kappa shape index (κ2) is 8.91. The number of carbonyl (C=O) groups excluding carboxylic acids is 2. The van der Waals surface area contributed by atoms with Crippen molar-refractivity contribution in [3.05, 3.63) is 52.5 Å². The molecular weight excluding hydrogens is 392 g/mol. The van der Waals surface area contributed by atoms with Gasteiger partial charge in [0, 0.05) is 28.9 Å². The molecule has 0 radical (unpaired) electrons. The van der Waals surface area contributed by atoms with E-state index in [1.165, 1.54) is 0 Å². The molecule has 0 spiro atoms. The lowest BCUT2D eigenvalue weighted by molar-refractivity contribution is 0.0943. The number of rotatable bonds is 6. The third kappa shape index (κ3) is 5.23. The van der Waals surface area contributed by atoms with Crippen LogP contribution in [0.5, 0.6) is 0 Å². The Bertz CT molecular complexity index is 1050. The van der Waals surface area contributed by atoms with E-state index in [2.05, 4.69) is 26.3 Å². The summed E-state index contributed by atoms with van der Waals surface area (Å²) in [4.78, 5) is 24.2. The van der Waals surface area contributed by atoms with E-state index in [0.717, 1.165) is 11.1 Å². The largest absolute Gasteiger partial charge is 0.350 e. The molecule has 0 atom stereocenters. The van der Waals surface area contributed by atoms with Crippen LogP contribution in [0.25, 0.3) is 11.0 Å². The lowest BCUT2D eigenvalue weighted by atomic mass is 10.2. The van der Waals surface area contributed by atoms with Crippen molar-refractivity contribution in [2.75, 3.05) is 11.9 Å². The smallest absolute Gasteiger partial charge is 0.319 e. The van der Waals surface area contributed by atoms with Gasteiger partial charge in [0.1, 0.15) is 5.52 Å². The summed E-state index contributed by atoms with van der Waals surface area (Å²) < 4.78 is 1.68. The van der Waals surface area contributed by atoms with E-state index in [9.17, 15) is 9.59 Å². The van der Waals surface area contributed by atoms with Gasteiger partial charge in [0.2, 0.25) is 0 Å². The van der Waals surface area contributed by atoms with Gasteiger partial charge in [-0.2, -0.15) is 0 Å². The highest BCUT2D eigenvalue weighted by Gasteiger charge is 2.11. The first-order valence-electron chi connectivity index (χ1n) is 9.28. The van der Waals surface area contributed by atoms with Crippen LogP contribution in [-0.2, 0) is 6.54 Å². The average molecular weight is 415 g/mol. The minimum absolute atomic E-state index is 0.0572. The SMILES string of the molecule is Cc1ccc(Cl)cc1NC(=O)NCCn1nnc2cc(C(=O)NC(C)C)ccc21. The molecule has 0 aliphatic carbocycles. The van der Waals surface area contributed by atoms with Crippen LogP contribution in [0.15, 0.2) is 36.4 Å². The van der Waals surface area contributed by atoms with E-state index < -0.39 is 0 Å². The lowest BCUT2D eigenvalue weighted by Gasteiger charge is -2.10. The fourth-order valence-electron chi connectivity index (χ4n) is 2.79. The number of amides is 3. The van der Waals surface area contributed by atoms with Crippen LogP contribution in [0.1, 0.15) is 29.8 Å². The highest BCUT2D eigenvalue weighted by molar-refractivity contribution is 6.31. The van der Waals surface area contributed by atoms with Crippen LogP contribution < -0.4 is 16.0 Å². The summed E-state index contributed by atoms with van der Waals surface area (Å²) in [6, 6.07) is 10.3. The third-order valence-electron chi connectivity index (χ3n) is 4.25. The molecule has 0 fully saturated rings. The zero-order valence-corrected chi connectivity index (χ0v) is 17.2. The van der Waals surface area contributed by atoms with Crippen molar-refractivity contribution in [1.82, 2.24) is 25.6 Å². The summed E-state index contributed by atoms with van der Waals surface area (Å²) in [5, 5.41) is 17.2. The van der Waals surface area contributed by atoms with E-state index in [4.69, 9.17) is 11.6 Å². The van der Waals surface area contributed by atoms with Gasteiger partial charge in [-0.1, -0.05) is 22.9 Å². The van der Waals surface area contributed by atoms with Crippen molar-refractivity contribution in [3.63, 3.8) is 0 Å². The molecule has 3 rings (SSSR count). The van der Waals surface area contributed by atoms with Crippen LogP contribution in [0, 0.1) is 6.92 Å². The Morgan fingerprint density at radius 1 is 1.17 bits per heavy atom. The van der Waals surface area contributed by atoms with Crippen LogP contribution >= 0.6 is 11.6 Å². The van der Waals surface area contributed by atoms with Gasteiger partial charge >= 0.3 is 6.03 Å². The zero-order valence-electron chi connectivity index (χ0n) is 16.5. The first kappa shape index (κ1) is 20.6. The molecular formula is C20H23ClN6O2. The molecule has 3 N–H and O–H groups in total. The van der Waals surface area contributed by atoms with E-state index in [0.29, 0.717) is 34.9 Å². The molecule has 0 bridgehead atoms. The molecule has 3 aromatic rings. The molecule has 9 heteroatoms. The molecule has 8 nitrogen and oxygen atoms in total. The molecule has 1 aromatic heterocycles. The summed E-state index contributed by atoms with van der Waals surface area (Å²) in [6.45, 7) is 6.51. The maximum atomic E-state index is 12.1. The molecule has 152 valence electrons. The first-order valence-corrected chi connectivity index (χ1v) is 9.66. The number of aromatic nitrogens is 3. The fraction of sp³-hybridized carbons (Fsp3) is 0.300. The van der Waals surface area contributed by atoms with Gasteiger partial charge in [0.15, 0.2) is 0 Å². The Labute approximate surface area is 173 Å². The van der Waals surface area contributed by atoms with Crippen molar-refractivity contribution in [2.24, 2.45) is 0 Å². The van der Waals surface area contributed by atoms with Gasteiger partial charge in [0.25, 0.3) is 5.91 Å². The van der Waals surface area contributed by atoms with Crippen molar-refractivity contribution in [2.45, 2.75) is 33.4 Å². The Kier molecular flexibility index (Phi) is 6.33. The van der Waals surface area contributed by atoms with Crippen molar-refractivity contribution in [1.29, 1.82) is 0 Å². The summed E-state index contributed by atoms with van der Waals surface area (Å²) in [5.74, 6) is -0.147. The summed E-state index contributed by atoms with van der Waals surface area (Å²) in [5.41, 5.74) is 3.53. The van der Waals surface area contributed by atoms with Crippen LogP contribution in [0.2, 0.25) is 5.02 Å². The Balaban J connectivity index is 1.58. The first-order chi connectivity index (χ1) is 13.8. The van der Waals surface area contributed by atoms with Gasteiger partial charge in [-0.15, -0.1) is 5.10 Å². The number of nitrogens with one attached hydrogen (secondary N) is 3. The maximum Gasteiger partial charge on any atom is 0.319 e. The minimum Gasteiger partial charge on any atom is -0.350 e. The quantitative estimate of drug-likeness (QED) is 0.575. The summed E-state index contributed by atoms with van der Waals surface area (Å²) in [7, 11) is 0. The molecule has 0 saturated carbocycles. The highest BCUT2D eigenvalue weighted by Crippen LogP contribution is 2.20. The van der Waals surface area contributed by atoms with Gasteiger partial charge in [-0.25, -0.2) is 9.48 Å². The Morgan fingerprint density at radius 2 is 1.97 bits per heavy atom. The number of hydrogen-bond donors (Lipinski definition) is 3. The average Bonchev–Trinajstić information content (AvgIpc) is 3.06. The zero-order chi connectivity index (χ0) is 21.0. The molecule has 0 aliphatic heterocycles. The second-order valence-electron chi connectivity index (χ2n) is 6.98. The third-order valence-corrected chi connectivity index (χ3v) is 4.49. The number of fused-ring (bicyclic) bond motifs is 1. The van der Waals surface area contributed by atoms with E-state index in [1.807, 2.05) is 26.8 Å². The predicted octanol–water partition coefficient (Wildman–Crippen LogP) is 3.35. The number of aryl methyl sites for hydroxylation is 1. The summed E-state index contributed by atoms with van der Waals surface area (Å²) >= 11 is 5.97. The number of carbonyl (C=O) groups is 2. The molecule has 1 heterocycles. The number of halogens is 1. The number of anilines is 1. The minimum atomic E-state index is -0.326. The number of hydrogen-bond acceptors (Lipinski definition) is 4. The second-order valence-corrected chi connectivity index (χ2v) is 7.42. The summed E-state index contributed by atoms with van der Waals surface area (Å²) in [6.07, 6.45) is 0. The Hall–Kier alpha value is -3.13. The highest BCUT2D eigenvalue weighted by atomic mass is 35.5. The van der Waals surface area contributed by atoms with E-state index in [-0.39, 0.29) is 18.0 Å².